The molecule has 2 aromatic rings. The molecule has 0 aliphatic carbocycles. The maximum Gasteiger partial charge on any atom is 0.292 e. The largest absolute Gasteiger partial charge is 0.369 e. The van der Waals surface area contributed by atoms with Crippen LogP contribution in [0, 0.1) is 5.92 Å². The number of para-hydroxylation sites is 1. The molecule has 23 heavy (non-hydrogen) atoms. The minimum Gasteiger partial charge on any atom is -0.369 e. The Morgan fingerprint density at radius 2 is 2.04 bits per heavy atom. The predicted molar refractivity (Wildman–Crippen MR) is 89.0 cm³/mol. The van der Waals surface area contributed by atoms with Gasteiger partial charge >= 0.3 is 0 Å². The van der Waals surface area contributed by atoms with Gasteiger partial charge in [0.1, 0.15) is 5.02 Å². The Balaban J connectivity index is 1.95. The van der Waals surface area contributed by atoms with Crippen molar-refractivity contribution in [3.05, 3.63) is 51.9 Å². The molecule has 1 saturated heterocycles. The molecule has 1 aromatic heterocycles. The van der Waals surface area contributed by atoms with Crippen LogP contribution >= 0.6 is 11.6 Å². The topological polar surface area (TPSA) is 81.2 Å². The minimum absolute atomic E-state index is 0.106. The van der Waals surface area contributed by atoms with Gasteiger partial charge in [0.25, 0.3) is 5.56 Å². The standard InChI is InChI=1S/C16H17ClN4O2/c17-14-13(20-8-4-5-11(10-20)15(18)22)9-19-21(16(14)23)12-6-2-1-3-7-12/h1-3,6-7,9,11H,4-5,8,10H2,(H2,18,22)/t11-/m1/s1. The summed E-state index contributed by atoms with van der Waals surface area (Å²) in [5, 5.41) is 4.32. The molecule has 6 nitrogen and oxygen atoms in total. The first-order valence-electron chi connectivity index (χ1n) is 7.45. The molecular formula is C16H17ClN4O2. The molecule has 7 heteroatoms. The predicted octanol–water partition coefficient (Wildman–Crippen LogP) is 1.59. The number of amides is 1. The van der Waals surface area contributed by atoms with E-state index in [1.54, 1.807) is 18.3 Å². The lowest BCUT2D eigenvalue weighted by Crippen LogP contribution is -2.42. The number of anilines is 1. The van der Waals surface area contributed by atoms with Crippen LogP contribution in [0.1, 0.15) is 12.8 Å². The van der Waals surface area contributed by atoms with E-state index in [1.165, 1.54) is 4.68 Å². The van der Waals surface area contributed by atoms with Gasteiger partial charge in [-0.15, -0.1) is 0 Å². The van der Waals surface area contributed by atoms with Gasteiger partial charge in [-0.1, -0.05) is 29.8 Å². The zero-order chi connectivity index (χ0) is 16.4. The number of aromatic nitrogens is 2. The third-order valence-corrected chi connectivity index (χ3v) is 4.42. The van der Waals surface area contributed by atoms with Crippen LogP contribution in [0.5, 0.6) is 0 Å². The number of nitrogens with two attached hydrogens (primary N) is 1. The van der Waals surface area contributed by atoms with E-state index in [0.29, 0.717) is 17.9 Å². The molecule has 120 valence electrons. The summed E-state index contributed by atoms with van der Waals surface area (Å²) in [6.07, 6.45) is 3.16. The third-order valence-electron chi connectivity index (χ3n) is 4.07. The normalized spacial score (nSPS) is 18.0. The molecule has 1 aromatic carbocycles. The fourth-order valence-corrected chi connectivity index (χ4v) is 3.07. The number of halogens is 1. The van der Waals surface area contributed by atoms with Crippen molar-refractivity contribution in [2.45, 2.75) is 12.8 Å². The molecule has 0 unspecified atom stereocenters. The summed E-state index contributed by atoms with van der Waals surface area (Å²) in [6, 6.07) is 9.09. The Morgan fingerprint density at radius 1 is 1.30 bits per heavy atom. The van der Waals surface area contributed by atoms with E-state index in [2.05, 4.69) is 5.10 Å². The number of rotatable bonds is 3. The van der Waals surface area contributed by atoms with Crippen LogP contribution < -0.4 is 16.2 Å². The average Bonchev–Trinajstić information content (AvgIpc) is 2.58. The molecular weight excluding hydrogens is 316 g/mol. The maximum atomic E-state index is 12.5. The Kier molecular flexibility index (Phi) is 4.34. The van der Waals surface area contributed by atoms with E-state index in [1.807, 2.05) is 23.1 Å². The van der Waals surface area contributed by atoms with Gasteiger partial charge in [0.2, 0.25) is 5.91 Å². The zero-order valence-corrected chi connectivity index (χ0v) is 13.2. The van der Waals surface area contributed by atoms with Crippen LogP contribution in [0.3, 0.4) is 0 Å². The fourth-order valence-electron chi connectivity index (χ4n) is 2.83. The van der Waals surface area contributed by atoms with Crippen molar-refractivity contribution in [3.8, 4) is 5.69 Å². The summed E-state index contributed by atoms with van der Waals surface area (Å²) in [6.45, 7) is 1.19. The van der Waals surface area contributed by atoms with Crippen LogP contribution in [0.2, 0.25) is 5.02 Å². The highest BCUT2D eigenvalue weighted by molar-refractivity contribution is 6.33. The molecule has 1 aliphatic rings. The van der Waals surface area contributed by atoms with Crippen molar-refractivity contribution in [2.75, 3.05) is 18.0 Å². The van der Waals surface area contributed by atoms with Gasteiger partial charge in [0.15, 0.2) is 0 Å². The van der Waals surface area contributed by atoms with Crippen molar-refractivity contribution in [2.24, 2.45) is 11.7 Å². The van der Waals surface area contributed by atoms with E-state index >= 15 is 0 Å². The van der Waals surface area contributed by atoms with E-state index in [9.17, 15) is 9.59 Å². The van der Waals surface area contributed by atoms with Crippen molar-refractivity contribution < 1.29 is 4.79 Å². The second-order valence-electron chi connectivity index (χ2n) is 5.58. The summed E-state index contributed by atoms with van der Waals surface area (Å²) >= 11 is 6.28. The van der Waals surface area contributed by atoms with Crippen molar-refractivity contribution in [1.29, 1.82) is 0 Å². The van der Waals surface area contributed by atoms with Gasteiger partial charge in [-0.25, -0.2) is 0 Å². The van der Waals surface area contributed by atoms with Crippen molar-refractivity contribution in [1.82, 2.24) is 9.78 Å². The second-order valence-corrected chi connectivity index (χ2v) is 5.96. The van der Waals surface area contributed by atoms with Crippen LogP contribution in [0.4, 0.5) is 5.69 Å². The number of hydrogen-bond donors (Lipinski definition) is 1. The summed E-state index contributed by atoms with van der Waals surface area (Å²) in [4.78, 5) is 25.8. The zero-order valence-electron chi connectivity index (χ0n) is 12.5. The Hall–Kier alpha value is -2.34. The molecule has 1 amide bonds. The first kappa shape index (κ1) is 15.6. The highest BCUT2D eigenvalue weighted by Crippen LogP contribution is 2.27. The van der Waals surface area contributed by atoms with Gasteiger partial charge in [-0.05, 0) is 25.0 Å². The monoisotopic (exact) mass is 332 g/mol. The molecule has 0 bridgehead atoms. The van der Waals surface area contributed by atoms with Gasteiger partial charge in [0, 0.05) is 13.1 Å². The summed E-state index contributed by atoms with van der Waals surface area (Å²) in [7, 11) is 0. The van der Waals surface area contributed by atoms with Gasteiger partial charge < -0.3 is 10.6 Å². The highest BCUT2D eigenvalue weighted by atomic mass is 35.5. The lowest BCUT2D eigenvalue weighted by Gasteiger charge is -2.33. The van der Waals surface area contributed by atoms with Crippen molar-refractivity contribution >= 4 is 23.2 Å². The number of benzene rings is 1. The molecule has 0 radical (unpaired) electrons. The van der Waals surface area contributed by atoms with E-state index in [-0.39, 0.29) is 22.4 Å². The molecule has 1 fully saturated rings. The lowest BCUT2D eigenvalue weighted by molar-refractivity contribution is -0.122. The van der Waals surface area contributed by atoms with Crippen LogP contribution in [-0.2, 0) is 4.79 Å². The molecule has 3 rings (SSSR count). The van der Waals surface area contributed by atoms with E-state index < -0.39 is 0 Å². The number of nitrogens with zero attached hydrogens (tertiary/aromatic N) is 3. The maximum absolute atomic E-state index is 12.5. The van der Waals surface area contributed by atoms with Crippen LogP contribution in [0.15, 0.2) is 41.3 Å². The number of piperidine rings is 1. The second kappa shape index (κ2) is 6.42. The number of carbonyl (C=O) groups is 1. The molecule has 1 aliphatic heterocycles. The molecule has 2 N–H and O–H groups in total. The molecule has 1 atom stereocenters. The first-order valence-corrected chi connectivity index (χ1v) is 7.83. The van der Waals surface area contributed by atoms with Crippen molar-refractivity contribution in [3.63, 3.8) is 0 Å². The summed E-state index contributed by atoms with van der Waals surface area (Å²) in [5.41, 5.74) is 6.22. The van der Waals surface area contributed by atoms with Crippen LogP contribution in [-0.4, -0.2) is 28.8 Å². The quantitative estimate of drug-likeness (QED) is 0.925. The Morgan fingerprint density at radius 3 is 2.74 bits per heavy atom. The number of primary amides is 1. The molecule has 0 saturated carbocycles. The third kappa shape index (κ3) is 3.07. The molecule has 0 spiro atoms. The van der Waals surface area contributed by atoms with Gasteiger partial charge in [0.05, 0.1) is 23.5 Å². The van der Waals surface area contributed by atoms with Gasteiger partial charge in [-0.2, -0.15) is 9.78 Å². The Bertz CT molecular complexity index is 775. The molecule has 2 heterocycles. The minimum atomic E-state index is -0.378. The summed E-state index contributed by atoms with van der Waals surface area (Å²) < 4.78 is 1.27. The van der Waals surface area contributed by atoms with E-state index in [4.69, 9.17) is 17.3 Å². The summed E-state index contributed by atoms with van der Waals surface area (Å²) in [5.74, 6) is -0.548. The highest BCUT2D eigenvalue weighted by Gasteiger charge is 2.26. The van der Waals surface area contributed by atoms with Crippen LogP contribution in [0.25, 0.3) is 5.69 Å². The SMILES string of the molecule is NC(=O)[C@@H]1CCCN(c2cnn(-c3ccccc3)c(=O)c2Cl)C1. The number of carbonyl (C=O) groups excluding carboxylic acids is 1. The van der Waals surface area contributed by atoms with E-state index in [0.717, 1.165) is 19.4 Å². The van der Waals surface area contributed by atoms with Gasteiger partial charge in [-0.3, -0.25) is 9.59 Å². The smallest absolute Gasteiger partial charge is 0.292 e. The number of hydrogen-bond acceptors (Lipinski definition) is 4. The lowest BCUT2D eigenvalue weighted by atomic mass is 9.97. The first-order chi connectivity index (χ1) is 11.1. The Labute approximate surface area is 138 Å². The average molecular weight is 333 g/mol. The fraction of sp³-hybridized carbons (Fsp3) is 0.312.